The number of piperidine rings is 1. The standard InChI is InChI=1S/C15H19BrN2/c1-10-6-13(9-18-15(10)16)12-3-2-11-4-5-17-8-14(11)7-12/h6-7,9,11,14,17H,2-5,8H2,1H3/t11-,14+/m0/s1. The minimum Gasteiger partial charge on any atom is -0.316 e. The van der Waals surface area contributed by atoms with Crippen molar-refractivity contribution in [1.29, 1.82) is 0 Å². The van der Waals surface area contributed by atoms with Gasteiger partial charge >= 0.3 is 0 Å². The third kappa shape index (κ3) is 2.39. The van der Waals surface area contributed by atoms with Crippen LogP contribution < -0.4 is 5.32 Å². The van der Waals surface area contributed by atoms with Gasteiger partial charge in [0.2, 0.25) is 0 Å². The fourth-order valence-corrected chi connectivity index (χ4v) is 3.36. The largest absolute Gasteiger partial charge is 0.316 e. The zero-order chi connectivity index (χ0) is 12.5. The lowest BCUT2D eigenvalue weighted by Gasteiger charge is -2.34. The first-order valence-electron chi connectivity index (χ1n) is 6.78. The van der Waals surface area contributed by atoms with Gasteiger partial charge in [-0.2, -0.15) is 0 Å². The number of aromatic nitrogens is 1. The summed E-state index contributed by atoms with van der Waals surface area (Å²) < 4.78 is 0.958. The average molecular weight is 307 g/mol. The molecule has 0 unspecified atom stereocenters. The molecular formula is C15H19BrN2. The van der Waals surface area contributed by atoms with E-state index in [9.17, 15) is 0 Å². The van der Waals surface area contributed by atoms with Crippen molar-refractivity contribution >= 4 is 21.5 Å². The van der Waals surface area contributed by atoms with E-state index in [1.165, 1.54) is 42.5 Å². The molecule has 18 heavy (non-hydrogen) atoms. The molecule has 2 nitrogen and oxygen atoms in total. The van der Waals surface area contributed by atoms with Crippen molar-refractivity contribution in [2.45, 2.75) is 26.2 Å². The molecule has 0 aromatic carbocycles. The van der Waals surface area contributed by atoms with Crippen LogP contribution in [0, 0.1) is 18.8 Å². The SMILES string of the molecule is Cc1cc(C2=C[C@@H]3CNCC[C@@H]3CC2)cnc1Br. The van der Waals surface area contributed by atoms with E-state index >= 15 is 0 Å². The molecule has 3 heteroatoms. The number of nitrogens with one attached hydrogen (secondary N) is 1. The number of rotatable bonds is 1. The number of aryl methyl sites for hydroxylation is 1. The molecule has 1 N–H and O–H groups in total. The molecule has 2 atom stereocenters. The molecule has 1 fully saturated rings. The smallest absolute Gasteiger partial charge is 0.109 e. The molecule has 3 rings (SSSR count). The number of nitrogens with zero attached hydrogens (tertiary/aromatic N) is 1. The Kier molecular flexibility index (Phi) is 3.53. The van der Waals surface area contributed by atoms with E-state index in [0.29, 0.717) is 0 Å². The minimum absolute atomic E-state index is 0.728. The van der Waals surface area contributed by atoms with E-state index in [2.05, 4.69) is 45.3 Å². The first-order chi connectivity index (χ1) is 8.74. The van der Waals surface area contributed by atoms with Gasteiger partial charge in [-0.3, -0.25) is 0 Å². The zero-order valence-electron chi connectivity index (χ0n) is 10.7. The van der Waals surface area contributed by atoms with E-state index < -0.39 is 0 Å². The number of hydrogen-bond acceptors (Lipinski definition) is 2. The van der Waals surface area contributed by atoms with Crippen LogP contribution in [-0.2, 0) is 0 Å². The van der Waals surface area contributed by atoms with Crippen molar-refractivity contribution < 1.29 is 0 Å². The molecule has 0 saturated carbocycles. The summed E-state index contributed by atoms with van der Waals surface area (Å²) in [4.78, 5) is 4.42. The Morgan fingerprint density at radius 1 is 1.39 bits per heavy atom. The second kappa shape index (κ2) is 5.14. The summed E-state index contributed by atoms with van der Waals surface area (Å²) in [5.74, 6) is 1.63. The third-order valence-corrected chi connectivity index (χ3v) is 5.09. The molecule has 1 aromatic heterocycles. The topological polar surface area (TPSA) is 24.9 Å². The predicted molar refractivity (Wildman–Crippen MR) is 78.4 cm³/mol. The monoisotopic (exact) mass is 306 g/mol. The predicted octanol–water partition coefficient (Wildman–Crippen LogP) is 3.56. The maximum atomic E-state index is 4.42. The van der Waals surface area contributed by atoms with Gasteiger partial charge in [0.15, 0.2) is 0 Å². The maximum absolute atomic E-state index is 4.42. The summed E-state index contributed by atoms with van der Waals surface area (Å²) in [6, 6.07) is 2.25. The minimum atomic E-state index is 0.728. The van der Waals surface area contributed by atoms with Crippen LogP contribution in [0.1, 0.15) is 30.4 Å². The normalized spacial score (nSPS) is 27.6. The van der Waals surface area contributed by atoms with E-state index in [4.69, 9.17) is 0 Å². The Labute approximate surface area is 117 Å². The fraction of sp³-hybridized carbons (Fsp3) is 0.533. The van der Waals surface area contributed by atoms with Crippen LogP contribution in [0.4, 0.5) is 0 Å². The van der Waals surface area contributed by atoms with Crippen molar-refractivity contribution in [3.05, 3.63) is 34.1 Å². The highest BCUT2D eigenvalue weighted by Crippen LogP contribution is 2.36. The molecule has 0 bridgehead atoms. The van der Waals surface area contributed by atoms with Gasteiger partial charge in [0, 0.05) is 12.7 Å². The Hall–Kier alpha value is -0.670. The summed E-state index contributed by atoms with van der Waals surface area (Å²) in [6.07, 6.45) is 8.38. The quantitative estimate of drug-likeness (QED) is 0.803. The van der Waals surface area contributed by atoms with Crippen LogP contribution in [0.2, 0.25) is 0 Å². The summed E-state index contributed by atoms with van der Waals surface area (Å²) in [7, 11) is 0. The van der Waals surface area contributed by atoms with Gasteiger partial charge in [-0.15, -0.1) is 0 Å². The van der Waals surface area contributed by atoms with Crippen molar-refractivity contribution in [3.8, 4) is 0 Å². The Morgan fingerprint density at radius 3 is 3.11 bits per heavy atom. The molecule has 0 spiro atoms. The Balaban J connectivity index is 1.87. The third-order valence-electron chi connectivity index (χ3n) is 4.26. The van der Waals surface area contributed by atoms with Crippen molar-refractivity contribution in [2.75, 3.05) is 13.1 Å². The molecule has 0 radical (unpaired) electrons. The molecule has 1 aromatic rings. The number of allylic oxidation sites excluding steroid dienone is 1. The highest BCUT2D eigenvalue weighted by atomic mass is 79.9. The van der Waals surface area contributed by atoms with Gasteiger partial charge in [0.05, 0.1) is 0 Å². The van der Waals surface area contributed by atoms with Gasteiger partial charge in [-0.25, -0.2) is 4.98 Å². The molecule has 1 aliphatic heterocycles. The van der Waals surface area contributed by atoms with Crippen molar-refractivity contribution in [2.24, 2.45) is 11.8 Å². The summed E-state index contributed by atoms with van der Waals surface area (Å²) >= 11 is 3.47. The van der Waals surface area contributed by atoms with Gasteiger partial charge < -0.3 is 5.32 Å². The molecule has 2 heterocycles. The van der Waals surface area contributed by atoms with Gasteiger partial charge in [-0.05, 0) is 83.3 Å². The summed E-state index contributed by atoms with van der Waals surface area (Å²) in [6.45, 7) is 4.45. The highest BCUT2D eigenvalue weighted by Gasteiger charge is 2.27. The van der Waals surface area contributed by atoms with E-state index in [1.54, 1.807) is 0 Å². The Morgan fingerprint density at radius 2 is 2.28 bits per heavy atom. The molecule has 0 amide bonds. The van der Waals surface area contributed by atoms with Crippen molar-refractivity contribution in [3.63, 3.8) is 0 Å². The van der Waals surface area contributed by atoms with Crippen LogP contribution in [0.25, 0.3) is 5.57 Å². The second-order valence-corrected chi connectivity index (χ2v) is 6.23. The number of halogens is 1. The molecule has 2 aliphatic rings. The lowest BCUT2D eigenvalue weighted by Crippen LogP contribution is -2.37. The zero-order valence-corrected chi connectivity index (χ0v) is 12.3. The van der Waals surface area contributed by atoms with E-state index in [0.717, 1.165) is 23.0 Å². The molecule has 1 saturated heterocycles. The van der Waals surface area contributed by atoms with Crippen molar-refractivity contribution in [1.82, 2.24) is 10.3 Å². The fourth-order valence-electron chi connectivity index (χ4n) is 3.15. The van der Waals surface area contributed by atoms with Crippen LogP contribution in [-0.4, -0.2) is 18.1 Å². The number of pyridine rings is 1. The van der Waals surface area contributed by atoms with Crippen LogP contribution >= 0.6 is 15.9 Å². The Bertz CT molecular complexity index is 481. The second-order valence-electron chi connectivity index (χ2n) is 5.48. The lowest BCUT2D eigenvalue weighted by atomic mass is 9.76. The van der Waals surface area contributed by atoms with Crippen LogP contribution in [0.5, 0.6) is 0 Å². The van der Waals surface area contributed by atoms with Gasteiger partial charge in [-0.1, -0.05) is 6.08 Å². The highest BCUT2D eigenvalue weighted by molar-refractivity contribution is 9.10. The number of fused-ring (bicyclic) bond motifs is 1. The average Bonchev–Trinajstić information content (AvgIpc) is 2.41. The summed E-state index contributed by atoms with van der Waals surface area (Å²) in [5.41, 5.74) is 4.01. The first kappa shape index (κ1) is 12.4. The lowest BCUT2D eigenvalue weighted by molar-refractivity contribution is 0.279. The number of hydrogen-bond donors (Lipinski definition) is 1. The maximum Gasteiger partial charge on any atom is 0.109 e. The summed E-state index contributed by atoms with van der Waals surface area (Å²) in [5, 5.41) is 3.51. The molecule has 1 aliphatic carbocycles. The molecular weight excluding hydrogens is 288 g/mol. The van der Waals surface area contributed by atoms with E-state index in [1.807, 2.05) is 6.20 Å². The molecule has 96 valence electrons. The van der Waals surface area contributed by atoms with E-state index in [-0.39, 0.29) is 0 Å². The first-order valence-corrected chi connectivity index (χ1v) is 7.57. The van der Waals surface area contributed by atoms with Gasteiger partial charge in [0.25, 0.3) is 0 Å². The van der Waals surface area contributed by atoms with Gasteiger partial charge in [0.1, 0.15) is 4.60 Å². The van der Waals surface area contributed by atoms with Crippen LogP contribution in [0.15, 0.2) is 22.9 Å². The van der Waals surface area contributed by atoms with Crippen LogP contribution in [0.3, 0.4) is 0 Å².